The van der Waals surface area contributed by atoms with E-state index in [1.54, 1.807) is 12.4 Å². The number of carbonyl (C=O) groups is 1. The van der Waals surface area contributed by atoms with Crippen LogP contribution >= 0.6 is 0 Å². The van der Waals surface area contributed by atoms with Crippen LogP contribution in [0.4, 0.5) is 0 Å². The van der Waals surface area contributed by atoms with Gasteiger partial charge in [-0.2, -0.15) is 0 Å². The third kappa shape index (κ3) is 3.56. The zero-order valence-corrected chi connectivity index (χ0v) is 13.6. The molecule has 120 valence electrons. The quantitative estimate of drug-likeness (QED) is 0.936. The van der Waals surface area contributed by atoms with E-state index in [-0.39, 0.29) is 11.9 Å². The lowest BCUT2D eigenvalue weighted by Gasteiger charge is -2.35. The highest BCUT2D eigenvalue weighted by atomic mass is 16.2. The number of hydrogen-bond donors (Lipinski definition) is 1. The summed E-state index contributed by atoms with van der Waals surface area (Å²) in [6.45, 7) is 6.10. The molecule has 0 saturated carbocycles. The van der Waals surface area contributed by atoms with Crippen LogP contribution in [-0.2, 0) is 24.3 Å². The summed E-state index contributed by atoms with van der Waals surface area (Å²) in [7, 11) is 0. The number of benzene rings is 1. The van der Waals surface area contributed by atoms with Gasteiger partial charge in [0.05, 0.1) is 30.2 Å². The lowest BCUT2D eigenvalue weighted by molar-refractivity contribution is -0.127. The summed E-state index contributed by atoms with van der Waals surface area (Å²) in [6.07, 6.45) is 4.19. The predicted octanol–water partition coefficient (Wildman–Crippen LogP) is 1.85. The van der Waals surface area contributed by atoms with Gasteiger partial charge in [-0.15, -0.1) is 0 Å². The predicted molar refractivity (Wildman–Crippen MR) is 88.6 cm³/mol. The third-order valence-electron chi connectivity index (χ3n) is 4.33. The van der Waals surface area contributed by atoms with Gasteiger partial charge in [-0.25, -0.2) is 0 Å². The van der Waals surface area contributed by atoms with Crippen LogP contribution in [0, 0.1) is 6.92 Å². The maximum absolute atomic E-state index is 12.6. The van der Waals surface area contributed by atoms with E-state index >= 15 is 0 Å². The first kappa shape index (κ1) is 15.6. The summed E-state index contributed by atoms with van der Waals surface area (Å²) in [5.74, 6) is 0.0590. The summed E-state index contributed by atoms with van der Waals surface area (Å²) in [5, 5.41) is 3.00. The van der Waals surface area contributed by atoms with Crippen molar-refractivity contribution in [2.75, 3.05) is 6.54 Å². The SMILES string of the molecule is CCN1Cc2ccccc2CC1C(=O)NCc1cnc(C)cn1. The van der Waals surface area contributed by atoms with Crippen molar-refractivity contribution in [2.45, 2.75) is 39.4 Å². The van der Waals surface area contributed by atoms with E-state index in [1.165, 1.54) is 11.1 Å². The highest BCUT2D eigenvalue weighted by Crippen LogP contribution is 2.23. The summed E-state index contributed by atoms with van der Waals surface area (Å²) in [5.41, 5.74) is 4.25. The van der Waals surface area contributed by atoms with E-state index in [2.05, 4.69) is 45.3 Å². The number of nitrogens with one attached hydrogen (secondary N) is 1. The summed E-state index contributed by atoms with van der Waals surface area (Å²) in [4.78, 5) is 23.3. The Kier molecular flexibility index (Phi) is 4.67. The fourth-order valence-corrected chi connectivity index (χ4v) is 2.97. The molecule has 1 unspecified atom stereocenters. The number of fused-ring (bicyclic) bond motifs is 1. The Labute approximate surface area is 136 Å². The molecule has 0 saturated heterocycles. The Hall–Kier alpha value is -2.27. The molecule has 1 aliphatic rings. The number of nitrogens with zero attached hydrogens (tertiary/aromatic N) is 3. The number of hydrogen-bond acceptors (Lipinski definition) is 4. The van der Waals surface area contributed by atoms with E-state index in [4.69, 9.17) is 0 Å². The van der Waals surface area contributed by atoms with Crippen LogP contribution in [0.3, 0.4) is 0 Å². The van der Waals surface area contributed by atoms with Gasteiger partial charge in [0.1, 0.15) is 0 Å². The van der Waals surface area contributed by atoms with Crippen molar-refractivity contribution < 1.29 is 4.79 Å². The zero-order chi connectivity index (χ0) is 16.2. The Morgan fingerprint density at radius 1 is 1.26 bits per heavy atom. The fourth-order valence-electron chi connectivity index (χ4n) is 2.97. The first-order valence-electron chi connectivity index (χ1n) is 8.03. The summed E-state index contributed by atoms with van der Waals surface area (Å²) in [6, 6.07) is 8.25. The third-order valence-corrected chi connectivity index (χ3v) is 4.33. The maximum Gasteiger partial charge on any atom is 0.238 e. The molecule has 1 N–H and O–H groups in total. The average molecular weight is 310 g/mol. The Bertz CT molecular complexity index is 684. The largest absolute Gasteiger partial charge is 0.349 e. The van der Waals surface area contributed by atoms with E-state index in [0.717, 1.165) is 30.9 Å². The summed E-state index contributed by atoms with van der Waals surface area (Å²) < 4.78 is 0. The van der Waals surface area contributed by atoms with Gasteiger partial charge in [0, 0.05) is 12.7 Å². The van der Waals surface area contributed by atoms with Gasteiger partial charge in [-0.1, -0.05) is 31.2 Å². The van der Waals surface area contributed by atoms with Gasteiger partial charge < -0.3 is 5.32 Å². The Morgan fingerprint density at radius 2 is 2.04 bits per heavy atom. The molecule has 0 aliphatic carbocycles. The minimum absolute atomic E-state index is 0.0590. The molecule has 5 nitrogen and oxygen atoms in total. The van der Waals surface area contributed by atoms with Crippen molar-refractivity contribution in [3.8, 4) is 0 Å². The van der Waals surface area contributed by atoms with E-state index in [9.17, 15) is 4.79 Å². The molecule has 0 spiro atoms. The van der Waals surface area contributed by atoms with E-state index < -0.39 is 0 Å². The van der Waals surface area contributed by atoms with Crippen molar-refractivity contribution in [3.05, 3.63) is 59.2 Å². The van der Waals surface area contributed by atoms with Crippen molar-refractivity contribution in [1.29, 1.82) is 0 Å². The van der Waals surface area contributed by atoms with Crippen LogP contribution in [0.25, 0.3) is 0 Å². The highest BCUT2D eigenvalue weighted by Gasteiger charge is 2.30. The number of amides is 1. The summed E-state index contributed by atoms with van der Waals surface area (Å²) >= 11 is 0. The average Bonchev–Trinajstić information content (AvgIpc) is 2.59. The first-order valence-corrected chi connectivity index (χ1v) is 8.03. The molecule has 0 bridgehead atoms. The second-order valence-electron chi connectivity index (χ2n) is 5.92. The Balaban J connectivity index is 1.67. The smallest absolute Gasteiger partial charge is 0.238 e. The van der Waals surface area contributed by atoms with Gasteiger partial charge in [0.25, 0.3) is 0 Å². The van der Waals surface area contributed by atoms with Gasteiger partial charge in [0.2, 0.25) is 5.91 Å². The van der Waals surface area contributed by atoms with Gasteiger partial charge in [-0.3, -0.25) is 19.7 Å². The number of aryl methyl sites for hydroxylation is 1. The second-order valence-corrected chi connectivity index (χ2v) is 5.92. The molecule has 1 aliphatic heterocycles. The van der Waals surface area contributed by atoms with Crippen LogP contribution in [-0.4, -0.2) is 33.4 Å². The van der Waals surface area contributed by atoms with Crippen molar-refractivity contribution >= 4 is 5.91 Å². The van der Waals surface area contributed by atoms with Crippen molar-refractivity contribution in [3.63, 3.8) is 0 Å². The topological polar surface area (TPSA) is 58.1 Å². The molecule has 23 heavy (non-hydrogen) atoms. The molecular formula is C18H22N4O. The molecule has 2 heterocycles. The van der Waals surface area contributed by atoms with Gasteiger partial charge in [-0.05, 0) is 31.0 Å². The lowest BCUT2D eigenvalue weighted by Crippen LogP contribution is -2.50. The van der Waals surface area contributed by atoms with Crippen LogP contribution in [0.2, 0.25) is 0 Å². The van der Waals surface area contributed by atoms with Crippen LogP contribution in [0.1, 0.15) is 29.4 Å². The second kappa shape index (κ2) is 6.87. The molecule has 1 aromatic carbocycles. The molecular weight excluding hydrogens is 288 g/mol. The van der Waals surface area contributed by atoms with E-state index in [1.807, 2.05) is 13.0 Å². The maximum atomic E-state index is 12.6. The molecule has 1 amide bonds. The minimum atomic E-state index is -0.117. The van der Waals surface area contributed by atoms with Crippen molar-refractivity contribution in [1.82, 2.24) is 20.2 Å². The monoisotopic (exact) mass is 310 g/mol. The number of aromatic nitrogens is 2. The molecule has 1 aromatic heterocycles. The molecule has 2 aromatic rings. The standard InChI is InChI=1S/C18H22N4O/c1-3-22-12-15-7-5-4-6-14(15)8-17(22)18(23)21-11-16-10-19-13(2)9-20-16/h4-7,9-10,17H,3,8,11-12H2,1-2H3,(H,21,23). The molecule has 5 heteroatoms. The number of rotatable bonds is 4. The number of likely N-dealkylation sites (N-methyl/N-ethyl adjacent to an activating group) is 1. The fraction of sp³-hybridized carbons (Fsp3) is 0.389. The van der Waals surface area contributed by atoms with E-state index in [0.29, 0.717) is 6.54 Å². The molecule has 1 atom stereocenters. The van der Waals surface area contributed by atoms with Crippen molar-refractivity contribution in [2.24, 2.45) is 0 Å². The van der Waals surface area contributed by atoms with Gasteiger partial charge >= 0.3 is 0 Å². The molecule has 3 rings (SSSR count). The molecule has 0 radical (unpaired) electrons. The lowest BCUT2D eigenvalue weighted by atomic mass is 9.93. The highest BCUT2D eigenvalue weighted by molar-refractivity contribution is 5.82. The van der Waals surface area contributed by atoms with Crippen LogP contribution in [0.5, 0.6) is 0 Å². The minimum Gasteiger partial charge on any atom is -0.349 e. The first-order chi connectivity index (χ1) is 11.2. The zero-order valence-electron chi connectivity index (χ0n) is 13.6. The van der Waals surface area contributed by atoms with Crippen LogP contribution < -0.4 is 5.32 Å². The van der Waals surface area contributed by atoms with Gasteiger partial charge in [0.15, 0.2) is 0 Å². The van der Waals surface area contributed by atoms with Crippen LogP contribution in [0.15, 0.2) is 36.7 Å². The molecule has 0 fully saturated rings. The normalized spacial score (nSPS) is 17.6. The Morgan fingerprint density at radius 3 is 2.74 bits per heavy atom. The number of carbonyl (C=O) groups excluding carboxylic acids is 1.